The van der Waals surface area contributed by atoms with Crippen LogP contribution in [0.15, 0.2) is 18.2 Å². The molecule has 0 saturated carbocycles. The van der Waals surface area contributed by atoms with E-state index in [1.807, 2.05) is 6.07 Å². The van der Waals surface area contributed by atoms with Gasteiger partial charge in [-0.05, 0) is 23.1 Å². The van der Waals surface area contributed by atoms with Gasteiger partial charge >= 0.3 is 0 Å². The Balaban J connectivity index is 2.46. The van der Waals surface area contributed by atoms with Gasteiger partial charge in [0.05, 0.1) is 6.54 Å². The Morgan fingerprint density at radius 3 is 2.79 bits per heavy atom. The number of carbonyl (C=O) groups excluding carboxylic acids is 1. The second kappa shape index (κ2) is 3.54. The van der Waals surface area contributed by atoms with Gasteiger partial charge in [0.25, 0.3) is 0 Å². The van der Waals surface area contributed by atoms with Gasteiger partial charge in [0.1, 0.15) is 0 Å². The lowest BCUT2D eigenvalue weighted by molar-refractivity contribution is 0.0982. The first-order valence-corrected chi connectivity index (χ1v) is 5.05. The normalized spacial score (nSPS) is 15.8. The van der Waals surface area contributed by atoms with E-state index >= 15 is 0 Å². The smallest absolute Gasteiger partial charge is 0.176 e. The maximum absolute atomic E-state index is 11.6. The van der Waals surface area contributed by atoms with Gasteiger partial charge in [-0.2, -0.15) is 0 Å². The van der Waals surface area contributed by atoms with Crippen molar-refractivity contribution in [3.8, 4) is 0 Å². The Morgan fingerprint density at radius 2 is 2.07 bits per heavy atom. The molecule has 0 radical (unpaired) electrons. The van der Waals surface area contributed by atoms with E-state index in [-0.39, 0.29) is 5.78 Å². The van der Waals surface area contributed by atoms with E-state index in [1.165, 1.54) is 5.56 Å². The van der Waals surface area contributed by atoms with Crippen LogP contribution in [0, 0.1) is 0 Å². The zero-order valence-electron chi connectivity index (χ0n) is 8.63. The number of hydrogen-bond acceptors (Lipinski definition) is 2. The summed E-state index contributed by atoms with van der Waals surface area (Å²) in [7, 11) is 0. The van der Waals surface area contributed by atoms with Crippen LogP contribution in [-0.4, -0.2) is 12.3 Å². The van der Waals surface area contributed by atoms with Crippen molar-refractivity contribution >= 4 is 5.78 Å². The van der Waals surface area contributed by atoms with Gasteiger partial charge in [-0.25, -0.2) is 0 Å². The Kier molecular flexibility index (Phi) is 2.38. The highest BCUT2D eigenvalue weighted by atomic mass is 16.1. The molecular weight excluding hydrogens is 174 g/mol. The van der Waals surface area contributed by atoms with Crippen molar-refractivity contribution in [2.75, 3.05) is 6.54 Å². The largest absolute Gasteiger partial charge is 0.306 e. The van der Waals surface area contributed by atoms with Gasteiger partial charge in [0.2, 0.25) is 0 Å². The molecule has 74 valence electrons. The van der Waals surface area contributed by atoms with Crippen LogP contribution in [0.3, 0.4) is 0 Å². The van der Waals surface area contributed by atoms with E-state index in [0.29, 0.717) is 12.5 Å². The summed E-state index contributed by atoms with van der Waals surface area (Å²) in [6.07, 6.45) is 0. The highest BCUT2D eigenvalue weighted by Gasteiger charge is 2.16. The van der Waals surface area contributed by atoms with Gasteiger partial charge in [-0.15, -0.1) is 0 Å². The molecule has 14 heavy (non-hydrogen) atoms. The third-order valence-corrected chi connectivity index (χ3v) is 2.70. The van der Waals surface area contributed by atoms with Crippen molar-refractivity contribution in [1.29, 1.82) is 0 Å². The molecule has 1 heterocycles. The number of nitrogens with one attached hydrogen (secondary N) is 1. The minimum Gasteiger partial charge on any atom is -0.306 e. The quantitative estimate of drug-likeness (QED) is 0.733. The molecule has 1 aromatic carbocycles. The number of ketones is 1. The molecule has 0 atom stereocenters. The van der Waals surface area contributed by atoms with Crippen LogP contribution < -0.4 is 5.32 Å². The summed E-state index contributed by atoms with van der Waals surface area (Å²) in [6, 6.07) is 6.22. The van der Waals surface area contributed by atoms with Crippen LogP contribution >= 0.6 is 0 Å². The molecule has 1 aromatic rings. The Labute approximate surface area is 84.3 Å². The Bertz CT molecular complexity index is 369. The maximum atomic E-state index is 11.6. The number of benzene rings is 1. The van der Waals surface area contributed by atoms with E-state index in [1.54, 1.807) is 0 Å². The summed E-state index contributed by atoms with van der Waals surface area (Å²) in [5.74, 6) is 0.705. The fourth-order valence-electron chi connectivity index (χ4n) is 1.77. The molecule has 0 unspecified atom stereocenters. The fourth-order valence-corrected chi connectivity index (χ4v) is 1.77. The highest BCUT2D eigenvalue weighted by Crippen LogP contribution is 2.20. The van der Waals surface area contributed by atoms with Gasteiger partial charge in [-0.1, -0.05) is 26.0 Å². The van der Waals surface area contributed by atoms with Crippen LogP contribution in [0.5, 0.6) is 0 Å². The molecule has 0 aliphatic carbocycles. The van der Waals surface area contributed by atoms with Gasteiger partial charge in [0, 0.05) is 12.1 Å². The summed E-state index contributed by atoms with van der Waals surface area (Å²) in [4.78, 5) is 11.6. The number of hydrogen-bond donors (Lipinski definition) is 1. The second-order valence-corrected chi connectivity index (χ2v) is 4.10. The molecule has 0 bridgehead atoms. The molecule has 2 nitrogen and oxygen atoms in total. The highest BCUT2D eigenvalue weighted by molar-refractivity contribution is 6.00. The number of Topliss-reactive ketones (excluding diaryl/α,β-unsaturated/α-hetero) is 1. The molecule has 2 heteroatoms. The summed E-state index contributed by atoms with van der Waals surface area (Å²) < 4.78 is 0. The molecule has 1 aliphatic heterocycles. The van der Waals surface area contributed by atoms with Crippen LogP contribution in [0.2, 0.25) is 0 Å². The standard InChI is InChI=1S/C12H15NO/c1-8(2)9-3-4-10-6-13-7-12(14)11(10)5-9/h3-5,8,13H,6-7H2,1-2H3. The van der Waals surface area contributed by atoms with Crippen LogP contribution in [0.25, 0.3) is 0 Å². The van der Waals surface area contributed by atoms with Gasteiger partial charge in [-0.3, -0.25) is 4.79 Å². The van der Waals surface area contributed by atoms with Crippen molar-refractivity contribution < 1.29 is 4.79 Å². The molecule has 2 rings (SSSR count). The van der Waals surface area contributed by atoms with Crippen molar-refractivity contribution in [1.82, 2.24) is 5.32 Å². The molecule has 0 fully saturated rings. The van der Waals surface area contributed by atoms with E-state index in [4.69, 9.17) is 0 Å². The first-order chi connectivity index (χ1) is 6.68. The third-order valence-electron chi connectivity index (χ3n) is 2.70. The van der Waals surface area contributed by atoms with Crippen LogP contribution in [0.4, 0.5) is 0 Å². The monoisotopic (exact) mass is 189 g/mol. The summed E-state index contributed by atoms with van der Waals surface area (Å²) >= 11 is 0. The van der Waals surface area contributed by atoms with E-state index in [2.05, 4.69) is 31.3 Å². The van der Waals surface area contributed by atoms with Crippen molar-refractivity contribution in [3.05, 3.63) is 34.9 Å². The number of fused-ring (bicyclic) bond motifs is 1. The lowest BCUT2D eigenvalue weighted by Gasteiger charge is -2.17. The summed E-state index contributed by atoms with van der Waals surface area (Å²) in [5, 5.41) is 3.09. The lowest BCUT2D eigenvalue weighted by atomic mass is 9.93. The average Bonchev–Trinajstić information content (AvgIpc) is 2.18. The summed E-state index contributed by atoms with van der Waals surface area (Å²) in [5.41, 5.74) is 3.29. The minimum absolute atomic E-state index is 0.216. The number of carbonyl (C=O) groups is 1. The Morgan fingerprint density at radius 1 is 1.29 bits per heavy atom. The molecule has 1 N–H and O–H groups in total. The molecule has 0 amide bonds. The molecule has 0 aromatic heterocycles. The minimum atomic E-state index is 0.216. The topological polar surface area (TPSA) is 29.1 Å². The predicted molar refractivity (Wildman–Crippen MR) is 56.6 cm³/mol. The maximum Gasteiger partial charge on any atom is 0.176 e. The van der Waals surface area contributed by atoms with Crippen LogP contribution in [0.1, 0.15) is 41.3 Å². The van der Waals surface area contributed by atoms with Crippen molar-refractivity contribution in [3.63, 3.8) is 0 Å². The Hall–Kier alpha value is -1.15. The SMILES string of the molecule is CC(C)c1ccc2c(c1)C(=O)CNC2. The first-order valence-electron chi connectivity index (χ1n) is 5.05. The van der Waals surface area contributed by atoms with Crippen molar-refractivity contribution in [2.24, 2.45) is 0 Å². The second-order valence-electron chi connectivity index (χ2n) is 4.10. The van der Waals surface area contributed by atoms with Crippen LogP contribution in [-0.2, 0) is 6.54 Å². The molecule has 1 aliphatic rings. The average molecular weight is 189 g/mol. The fraction of sp³-hybridized carbons (Fsp3) is 0.417. The molecular formula is C12H15NO. The lowest BCUT2D eigenvalue weighted by Crippen LogP contribution is -2.29. The molecule has 0 spiro atoms. The first kappa shape index (κ1) is 9.41. The van der Waals surface area contributed by atoms with E-state index in [9.17, 15) is 4.79 Å². The van der Waals surface area contributed by atoms with Crippen molar-refractivity contribution in [2.45, 2.75) is 26.3 Å². The third kappa shape index (κ3) is 1.58. The van der Waals surface area contributed by atoms with E-state index in [0.717, 1.165) is 17.7 Å². The van der Waals surface area contributed by atoms with Gasteiger partial charge < -0.3 is 5.32 Å². The van der Waals surface area contributed by atoms with E-state index < -0.39 is 0 Å². The van der Waals surface area contributed by atoms with Gasteiger partial charge in [0.15, 0.2) is 5.78 Å². The predicted octanol–water partition coefficient (Wildman–Crippen LogP) is 2.10. The zero-order chi connectivity index (χ0) is 10.1. The zero-order valence-corrected chi connectivity index (χ0v) is 8.63. The number of rotatable bonds is 1. The summed E-state index contributed by atoms with van der Waals surface area (Å²) in [6.45, 7) is 5.59. The molecule has 0 saturated heterocycles.